The molecule has 2 aliphatic rings. The number of benzene rings is 1. The third kappa shape index (κ3) is 4.86. The third-order valence-electron chi connectivity index (χ3n) is 6.27. The Labute approximate surface area is 176 Å². The number of hydrogen-bond donors (Lipinski definition) is 0. The van der Waals surface area contributed by atoms with Gasteiger partial charge in [-0.2, -0.15) is 0 Å². The van der Waals surface area contributed by atoms with Gasteiger partial charge in [0.1, 0.15) is 6.33 Å². The number of carbonyl (C=O) groups is 2. The lowest BCUT2D eigenvalue weighted by Gasteiger charge is -2.41. The van der Waals surface area contributed by atoms with Gasteiger partial charge in [-0.05, 0) is 60.4 Å². The molecule has 1 amide bonds. The molecule has 4 rings (SSSR count). The van der Waals surface area contributed by atoms with Crippen LogP contribution in [0.2, 0.25) is 0 Å². The number of aromatic nitrogens is 4. The Morgan fingerprint density at radius 1 is 0.933 bits per heavy atom. The van der Waals surface area contributed by atoms with E-state index < -0.39 is 5.97 Å². The number of esters is 1. The quantitative estimate of drug-likeness (QED) is 0.678. The number of rotatable bonds is 6. The fraction of sp³-hybridized carbons (Fsp3) is 0.591. The summed E-state index contributed by atoms with van der Waals surface area (Å²) in [6.45, 7) is -0.194. The molecule has 0 unspecified atom stereocenters. The first kappa shape index (κ1) is 20.5. The van der Waals surface area contributed by atoms with Crippen LogP contribution in [0.1, 0.15) is 74.6 Å². The van der Waals surface area contributed by atoms with Gasteiger partial charge in [0, 0.05) is 12.1 Å². The first-order valence-corrected chi connectivity index (χ1v) is 11.0. The van der Waals surface area contributed by atoms with Gasteiger partial charge in [-0.3, -0.25) is 4.79 Å². The van der Waals surface area contributed by atoms with Crippen molar-refractivity contribution in [3.8, 4) is 5.69 Å². The van der Waals surface area contributed by atoms with Crippen molar-refractivity contribution in [2.45, 2.75) is 76.3 Å². The highest BCUT2D eigenvalue weighted by molar-refractivity contribution is 5.91. The molecule has 0 spiro atoms. The molecule has 2 fully saturated rings. The van der Waals surface area contributed by atoms with Gasteiger partial charge in [0.15, 0.2) is 6.61 Å². The summed E-state index contributed by atoms with van der Waals surface area (Å²) in [5, 5.41) is 11.0. The van der Waals surface area contributed by atoms with Crippen LogP contribution in [0, 0.1) is 0 Å². The molecule has 2 aromatic rings. The fourth-order valence-corrected chi connectivity index (χ4v) is 4.74. The monoisotopic (exact) mass is 411 g/mol. The van der Waals surface area contributed by atoms with Crippen LogP contribution in [0.25, 0.3) is 5.69 Å². The van der Waals surface area contributed by atoms with Gasteiger partial charge in [-0.15, -0.1) is 5.10 Å². The summed E-state index contributed by atoms with van der Waals surface area (Å²) in [6, 6.07) is 7.39. The number of hydrogen-bond acceptors (Lipinski definition) is 6. The molecule has 1 heterocycles. The van der Waals surface area contributed by atoms with E-state index in [1.54, 1.807) is 24.3 Å². The zero-order valence-corrected chi connectivity index (χ0v) is 17.3. The first-order valence-electron chi connectivity index (χ1n) is 11.0. The van der Waals surface area contributed by atoms with E-state index >= 15 is 0 Å². The van der Waals surface area contributed by atoms with E-state index in [4.69, 9.17) is 4.74 Å². The van der Waals surface area contributed by atoms with Crippen molar-refractivity contribution in [2.24, 2.45) is 0 Å². The van der Waals surface area contributed by atoms with Gasteiger partial charge < -0.3 is 9.64 Å². The average Bonchev–Trinajstić information content (AvgIpc) is 3.34. The van der Waals surface area contributed by atoms with Crippen LogP contribution >= 0.6 is 0 Å². The maximum atomic E-state index is 13.1. The van der Waals surface area contributed by atoms with E-state index in [1.165, 1.54) is 49.5 Å². The molecular formula is C22H29N5O3. The lowest BCUT2D eigenvalue weighted by Crippen LogP contribution is -2.50. The SMILES string of the molecule is O=C(OCC(=O)N(C1CCCCC1)C1CCCCC1)c1ccc(-n2cnnn2)cc1. The zero-order chi connectivity index (χ0) is 20.8. The molecule has 8 heteroatoms. The lowest BCUT2D eigenvalue weighted by molar-refractivity contribution is -0.141. The van der Waals surface area contributed by atoms with E-state index in [0.717, 1.165) is 31.4 Å². The molecule has 0 saturated heterocycles. The molecule has 0 atom stereocenters. The topological polar surface area (TPSA) is 90.2 Å². The summed E-state index contributed by atoms with van der Waals surface area (Å²) in [7, 11) is 0. The van der Waals surface area contributed by atoms with Gasteiger partial charge in [-0.1, -0.05) is 38.5 Å². The molecule has 1 aromatic heterocycles. The Kier molecular flexibility index (Phi) is 6.71. The predicted octanol–water partition coefficient (Wildman–Crippen LogP) is 3.31. The molecule has 2 aliphatic carbocycles. The molecular weight excluding hydrogens is 382 g/mol. The van der Waals surface area contributed by atoms with E-state index in [2.05, 4.69) is 20.4 Å². The van der Waals surface area contributed by atoms with E-state index in [9.17, 15) is 9.59 Å². The van der Waals surface area contributed by atoms with Crippen molar-refractivity contribution < 1.29 is 14.3 Å². The van der Waals surface area contributed by atoms with E-state index in [0.29, 0.717) is 17.6 Å². The van der Waals surface area contributed by atoms with E-state index in [1.807, 2.05) is 0 Å². The Morgan fingerprint density at radius 2 is 1.53 bits per heavy atom. The third-order valence-corrected chi connectivity index (χ3v) is 6.27. The highest BCUT2D eigenvalue weighted by atomic mass is 16.5. The molecule has 2 saturated carbocycles. The van der Waals surface area contributed by atoms with Crippen molar-refractivity contribution >= 4 is 11.9 Å². The lowest BCUT2D eigenvalue weighted by atomic mass is 9.88. The van der Waals surface area contributed by atoms with Crippen LogP contribution in [-0.2, 0) is 9.53 Å². The smallest absolute Gasteiger partial charge is 0.338 e. The number of amides is 1. The summed E-state index contributed by atoms with van der Waals surface area (Å²) in [4.78, 5) is 27.7. The number of ether oxygens (including phenoxy) is 1. The minimum atomic E-state index is -0.487. The Balaban J connectivity index is 1.37. The molecule has 0 N–H and O–H groups in total. The van der Waals surface area contributed by atoms with Gasteiger partial charge in [0.2, 0.25) is 0 Å². The Bertz CT molecular complexity index is 807. The Hall–Kier alpha value is -2.77. The van der Waals surface area contributed by atoms with E-state index in [-0.39, 0.29) is 12.5 Å². The summed E-state index contributed by atoms with van der Waals surface area (Å²) in [5.74, 6) is -0.536. The molecule has 0 radical (unpaired) electrons. The van der Waals surface area contributed by atoms with Crippen molar-refractivity contribution in [1.29, 1.82) is 0 Å². The van der Waals surface area contributed by atoms with Gasteiger partial charge in [-0.25, -0.2) is 9.48 Å². The largest absolute Gasteiger partial charge is 0.452 e. The van der Waals surface area contributed by atoms with Gasteiger partial charge >= 0.3 is 5.97 Å². The molecule has 0 aliphatic heterocycles. The normalized spacial score (nSPS) is 18.1. The first-order chi connectivity index (χ1) is 14.7. The Morgan fingerprint density at radius 3 is 2.07 bits per heavy atom. The second kappa shape index (κ2) is 9.82. The summed E-state index contributed by atoms with van der Waals surface area (Å²) in [5.41, 5.74) is 1.15. The molecule has 30 heavy (non-hydrogen) atoms. The molecule has 160 valence electrons. The van der Waals surface area contributed by atoms with Gasteiger partial charge in [0.25, 0.3) is 5.91 Å². The highest BCUT2D eigenvalue weighted by Crippen LogP contribution is 2.30. The van der Waals surface area contributed by atoms with Crippen LogP contribution in [0.3, 0.4) is 0 Å². The maximum absolute atomic E-state index is 13.1. The average molecular weight is 412 g/mol. The summed E-state index contributed by atoms with van der Waals surface area (Å²) < 4.78 is 6.91. The zero-order valence-electron chi connectivity index (χ0n) is 17.3. The minimum absolute atomic E-state index is 0.0486. The van der Waals surface area contributed by atoms with Crippen LogP contribution in [-0.4, -0.2) is 55.7 Å². The van der Waals surface area contributed by atoms with Crippen LogP contribution < -0.4 is 0 Å². The van der Waals surface area contributed by atoms with Crippen LogP contribution in [0.4, 0.5) is 0 Å². The fourth-order valence-electron chi connectivity index (χ4n) is 4.74. The number of nitrogens with zero attached hydrogens (tertiary/aromatic N) is 5. The standard InChI is InChI=1S/C22H29N5O3/c28-21(27(19-7-3-1-4-8-19)20-9-5-2-6-10-20)15-30-22(29)17-11-13-18(14-12-17)26-16-23-24-25-26/h11-14,16,19-20H,1-10,15H2. The van der Waals surface area contributed by atoms with Crippen molar-refractivity contribution in [3.63, 3.8) is 0 Å². The predicted molar refractivity (Wildman–Crippen MR) is 110 cm³/mol. The highest BCUT2D eigenvalue weighted by Gasteiger charge is 2.32. The summed E-state index contributed by atoms with van der Waals surface area (Å²) in [6.07, 6.45) is 12.9. The molecule has 8 nitrogen and oxygen atoms in total. The number of carbonyl (C=O) groups excluding carboxylic acids is 2. The van der Waals surface area contributed by atoms with Crippen LogP contribution in [0.15, 0.2) is 30.6 Å². The molecule has 1 aromatic carbocycles. The van der Waals surface area contributed by atoms with Crippen LogP contribution in [0.5, 0.6) is 0 Å². The van der Waals surface area contributed by atoms with Crippen molar-refractivity contribution in [1.82, 2.24) is 25.1 Å². The second-order valence-electron chi connectivity index (χ2n) is 8.26. The number of tetrazole rings is 1. The van der Waals surface area contributed by atoms with Crippen molar-refractivity contribution in [2.75, 3.05) is 6.61 Å². The van der Waals surface area contributed by atoms with Gasteiger partial charge in [0.05, 0.1) is 11.3 Å². The maximum Gasteiger partial charge on any atom is 0.338 e. The van der Waals surface area contributed by atoms with Crippen molar-refractivity contribution in [3.05, 3.63) is 36.2 Å². The molecule has 0 bridgehead atoms. The minimum Gasteiger partial charge on any atom is -0.452 e. The summed E-state index contributed by atoms with van der Waals surface area (Å²) >= 11 is 0. The second-order valence-corrected chi connectivity index (χ2v) is 8.26.